The van der Waals surface area contributed by atoms with Gasteiger partial charge in [0.05, 0.1) is 5.02 Å². The first-order valence-electron chi connectivity index (χ1n) is 5.10. The van der Waals surface area contributed by atoms with Crippen molar-refractivity contribution >= 4 is 38.4 Å². The molecule has 3 rings (SSSR count). The standard InChI is InChI=1S/C12H8BrClFN/c13-7-3-8-9(14)5-11(6-1-2-6)16-12(8)10(15)4-7/h3-6H,1-2H2. The fourth-order valence-electron chi connectivity index (χ4n) is 1.82. The quantitative estimate of drug-likeness (QED) is 0.746. The first-order chi connectivity index (χ1) is 7.65. The minimum atomic E-state index is -0.325. The number of fused-ring (bicyclic) bond motifs is 1. The molecule has 0 bridgehead atoms. The van der Waals surface area contributed by atoms with Gasteiger partial charge in [0.15, 0.2) is 5.82 Å². The fraction of sp³-hybridized carbons (Fsp3) is 0.250. The van der Waals surface area contributed by atoms with Gasteiger partial charge in [-0.15, -0.1) is 0 Å². The normalized spacial score (nSPS) is 15.7. The Kier molecular flexibility index (Phi) is 2.41. The SMILES string of the molecule is Fc1cc(Br)cc2c(Cl)cc(C3CC3)nc12. The molecule has 0 N–H and O–H groups in total. The van der Waals surface area contributed by atoms with Crippen molar-refractivity contribution in [2.45, 2.75) is 18.8 Å². The number of rotatable bonds is 1. The summed E-state index contributed by atoms with van der Waals surface area (Å²) < 4.78 is 14.4. The summed E-state index contributed by atoms with van der Waals surface area (Å²) in [5.41, 5.74) is 1.29. The Morgan fingerprint density at radius 2 is 2.06 bits per heavy atom. The predicted molar refractivity (Wildman–Crippen MR) is 66.4 cm³/mol. The summed E-state index contributed by atoms with van der Waals surface area (Å²) in [6.45, 7) is 0. The largest absolute Gasteiger partial charge is 0.249 e. The number of halogens is 3. The molecule has 1 saturated carbocycles. The zero-order valence-electron chi connectivity index (χ0n) is 8.30. The van der Waals surface area contributed by atoms with Crippen molar-refractivity contribution in [3.05, 3.63) is 39.2 Å². The smallest absolute Gasteiger partial charge is 0.150 e. The monoisotopic (exact) mass is 299 g/mol. The summed E-state index contributed by atoms with van der Waals surface area (Å²) in [5.74, 6) is 0.152. The third kappa shape index (κ3) is 1.72. The van der Waals surface area contributed by atoms with Gasteiger partial charge in [-0.25, -0.2) is 9.37 Å². The van der Waals surface area contributed by atoms with Gasteiger partial charge >= 0.3 is 0 Å². The topological polar surface area (TPSA) is 12.9 Å². The summed E-state index contributed by atoms with van der Waals surface area (Å²) in [6.07, 6.45) is 2.26. The molecule has 2 aromatic rings. The zero-order chi connectivity index (χ0) is 11.3. The van der Waals surface area contributed by atoms with E-state index < -0.39 is 0 Å². The molecule has 4 heteroatoms. The van der Waals surface area contributed by atoms with E-state index in [1.54, 1.807) is 6.07 Å². The van der Waals surface area contributed by atoms with Crippen LogP contribution in [0.3, 0.4) is 0 Å². The van der Waals surface area contributed by atoms with E-state index >= 15 is 0 Å². The summed E-state index contributed by atoms with van der Waals surface area (Å²) in [7, 11) is 0. The summed E-state index contributed by atoms with van der Waals surface area (Å²) in [4.78, 5) is 4.36. The Morgan fingerprint density at radius 3 is 2.75 bits per heavy atom. The lowest BCUT2D eigenvalue weighted by atomic mass is 10.1. The van der Waals surface area contributed by atoms with E-state index in [-0.39, 0.29) is 5.82 Å². The number of nitrogens with zero attached hydrogens (tertiary/aromatic N) is 1. The molecule has 1 aliphatic rings. The Bertz CT molecular complexity index is 581. The maximum Gasteiger partial charge on any atom is 0.150 e. The second-order valence-electron chi connectivity index (χ2n) is 4.09. The number of hydrogen-bond donors (Lipinski definition) is 0. The predicted octanol–water partition coefficient (Wildman–Crippen LogP) is 4.67. The van der Waals surface area contributed by atoms with Gasteiger partial charge in [0.2, 0.25) is 0 Å². The van der Waals surface area contributed by atoms with Gasteiger partial charge in [-0.3, -0.25) is 0 Å². The highest BCUT2D eigenvalue weighted by Crippen LogP contribution is 2.41. The molecule has 1 aromatic carbocycles. The molecule has 1 fully saturated rings. The molecular weight excluding hydrogens is 292 g/mol. The van der Waals surface area contributed by atoms with Crippen LogP contribution in [0.5, 0.6) is 0 Å². The van der Waals surface area contributed by atoms with Crippen LogP contribution in [0.1, 0.15) is 24.5 Å². The second kappa shape index (κ2) is 3.67. The van der Waals surface area contributed by atoms with Crippen molar-refractivity contribution < 1.29 is 4.39 Å². The Balaban J connectivity index is 2.32. The fourth-order valence-corrected chi connectivity index (χ4v) is 2.50. The van der Waals surface area contributed by atoms with Gasteiger partial charge in [-0.2, -0.15) is 0 Å². The van der Waals surface area contributed by atoms with Crippen molar-refractivity contribution in [2.24, 2.45) is 0 Å². The van der Waals surface area contributed by atoms with Gasteiger partial charge in [0.1, 0.15) is 5.52 Å². The lowest BCUT2D eigenvalue weighted by Gasteiger charge is -2.05. The van der Waals surface area contributed by atoms with Gasteiger partial charge in [-0.1, -0.05) is 27.5 Å². The maximum absolute atomic E-state index is 13.7. The van der Waals surface area contributed by atoms with Crippen molar-refractivity contribution in [1.29, 1.82) is 0 Å². The van der Waals surface area contributed by atoms with E-state index in [4.69, 9.17) is 11.6 Å². The number of aromatic nitrogens is 1. The lowest BCUT2D eigenvalue weighted by molar-refractivity contribution is 0.635. The molecule has 1 heterocycles. The van der Waals surface area contributed by atoms with Crippen molar-refractivity contribution in [1.82, 2.24) is 4.98 Å². The van der Waals surface area contributed by atoms with E-state index in [0.717, 1.165) is 18.5 Å². The molecule has 0 atom stereocenters. The number of benzene rings is 1. The molecule has 1 nitrogen and oxygen atoms in total. The van der Waals surface area contributed by atoms with Crippen LogP contribution in [0.15, 0.2) is 22.7 Å². The van der Waals surface area contributed by atoms with Gasteiger partial charge in [0, 0.05) is 21.5 Å². The summed E-state index contributed by atoms with van der Waals surface area (Å²) in [5, 5.41) is 1.24. The summed E-state index contributed by atoms with van der Waals surface area (Å²) >= 11 is 9.40. The Hall–Kier alpha value is -0.670. The van der Waals surface area contributed by atoms with Crippen LogP contribution in [-0.2, 0) is 0 Å². The maximum atomic E-state index is 13.7. The molecular formula is C12H8BrClFN. The van der Waals surface area contributed by atoms with Crippen LogP contribution in [0.2, 0.25) is 5.02 Å². The second-order valence-corrected chi connectivity index (χ2v) is 5.41. The molecule has 0 aliphatic heterocycles. The first kappa shape index (κ1) is 10.5. The first-order valence-corrected chi connectivity index (χ1v) is 6.27. The van der Waals surface area contributed by atoms with E-state index in [0.29, 0.717) is 26.3 Å². The highest BCUT2D eigenvalue weighted by atomic mass is 79.9. The number of pyridine rings is 1. The number of hydrogen-bond acceptors (Lipinski definition) is 1. The molecule has 0 spiro atoms. The molecule has 82 valence electrons. The van der Waals surface area contributed by atoms with Crippen LogP contribution >= 0.6 is 27.5 Å². The van der Waals surface area contributed by atoms with Gasteiger partial charge in [0.25, 0.3) is 0 Å². The van der Waals surface area contributed by atoms with Crippen LogP contribution in [0.25, 0.3) is 10.9 Å². The van der Waals surface area contributed by atoms with Crippen molar-refractivity contribution in [3.8, 4) is 0 Å². The van der Waals surface area contributed by atoms with Crippen LogP contribution in [0.4, 0.5) is 4.39 Å². The highest BCUT2D eigenvalue weighted by molar-refractivity contribution is 9.10. The minimum absolute atomic E-state index is 0.325. The lowest BCUT2D eigenvalue weighted by Crippen LogP contribution is -1.92. The van der Waals surface area contributed by atoms with E-state index in [1.165, 1.54) is 6.07 Å². The average Bonchev–Trinajstić information content (AvgIpc) is 3.02. The molecule has 0 unspecified atom stereocenters. The van der Waals surface area contributed by atoms with Crippen LogP contribution in [0, 0.1) is 5.82 Å². The van der Waals surface area contributed by atoms with Crippen molar-refractivity contribution in [3.63, 3.8) is 0 Å². The zero-order valence-corrected chi connectivity index (χ0v) is 10.6. The Morgan fingerprint density at radius 1 is 1.31 bits per heavy atom. The highest BCUT2D eigenvalue weighted by Gasteiger charge is 2.26. The van der Waals surface area contributed by atoms with E-state index in [2.05, 4.69) is 20.9 Å². The average molecular weight is 301 g/mol. The molecule has 1 aliphatic carbocycles. The Labute approximate surface area is 106 Å². The van der Waals surface area contributed by atoms with E-state index in [1.807, 2.05) is 6.07 Å². The third-order valence-electron chi connectivity index (χ3n) is 2.80. The molecule has 1 aromatic heterocycles. The van der Waals surface area contributed by atoms with Crippen LogP contribution < -0.4 is 0 Å². The third-order valence-corrected chi connectivity index (χ3v) is 3.57. The van der Waals surface area contributed by atoms with Gasteiger partial charge in [-0.05, 0) is 31.0 Å². The van der Waals surface area contributed by atoms with Gasteiger partial charge < -0.3 is 0 Å². The molecule has 16 heavy (non-hydrogen) atoms. The van der Waals surface area contributed by atoms with Crippen molar-refractivity contribution in [2.75, 3.05) is 0 Å². The molecule has 0 saturated heterocycles. The minimum Gasteiger partial charge on any atom is -0.249 e. The summed E-state index contributed by atoms with van der Waals surface area (Å²) in [6, 6.07) is 5.07. The van der Waals surface area contributed by atoms with Crippen LogP contribution in [-0.4, -0.2) is 4.98 Å². The van der Waals surface area contributed by atoms with E-state index in [9.17, 15) is 4.39 Å². The molecule has 0 amide bonds. The molecule has 0 radical (unpaired) electrons.